The fourth-order valence-electron chi connectivity index (χ4n) is 5.80. The third kappa shape index (κ3) is 4.79. The predicted molar refractivity (Wildman–Crippen MR) is 130 cm³/mol. The highest BCUT2D eigenvalue weighted by Gasteiger charge is 2.32. The number of hydrogen-bond acceptors (Lipinski definition) is 4. The van der Waals surface area contributed by atoms with Gasteiger partial charge in [0, 0.05) is 17.7 Å². The van der Waals surface area contributed by atoms with Crippen molar-refractivity contribution in [2.24, 2.45) is 5.92 Å². The number of rotatable bonds is 6. The highest BCUT2D eigenvalue weighted by molar-refractivity contribution is 6.01. The minimum atomic E-state index is -1.00. The lowest BCUT2D eigenvalue weighted by atomic mass is 9.83. The van der Waals surface area contributed by atoms with Crippen molar-refractivity contribution >= 4 is 17.5 Å². The van der Waals surface area contributed by atoms with E-state index in [1.54, 1.807) is 22.8 Å². The van der Waals surface area contributed by atoms with Crippen LogP contribution < -0.4 is 5.32 Å². The topological polar surface area (TPSA) is 96.6 Å². The largest absolute Gasteiger partial charge is 0.480 e. The van der Waals surface area contributed by atoms with Crippen LogP contribution in [-0.2, 0) is 4.79 Å². The van der Waals surface area contributed by atoms with Gasteiger partial charge in [-0.15, -0.1) is 0 Å². The molecule has 184 valence electrons. The third-order valence-electron chi connectivity index (χ3n) is 7.63. The van der Waals surface area contributed by atoms with E-state index < -0.39 is 17.9 Å². The summed E-state index contributed by atoms with van der Waals surface area (Å²) in [6, 6.07) is 5.42. The van der Waals surface area contributed by atoms with Crippen LogP contribution in [0, 0.1) is 11.7 Å². The Kier molecular flexibility index (Phi) is 6.79. The summed E-state index contributed by atoms with van der Waals surface area (Å²) in [7, 11) is 0. The average molecular weight is 479 g/mol. The van der Waals surface area contributed by atoms with Crippen LogP contribution >= 0.6 is 0 Å². The van der Waals surface area contributed by atoms with E-state index in [0.717, 1.165) is 74.6 Å². The smallest absolute Gasteiger partial charge is 0.326 e. The molecule has 0 radical (unpaired) electrons. The summed E-state index contributed by atoms with van der Waals surface area (Å²) in [6.45, 7) is 0. The maximum Gasteiger partial charge on any atom is 0.326 e. The van der Waals surface area contributed by atoms with E-state index in [1.165, 1.54) is 24.8 Å². The van der Waals surface area contributed by atoms with Gasteiger partial charge in [-0.2, -0.15) is 5.10 Å². The molecule has 2 aromatic heterocycles. The maximum atomic E-state index is 13.6. The van der Waals surface area contributed by atoms with Crippen molar-refractivity contribution in [3.8, 4) is 11.1 Å². The van der Waals surface area contributed by atoms with Crippen molar-refractivity contribution in [2.75, 3.05) is 0 Å². The summed E-state index contributed by atoms with van der Waals surface area (Å²) in [6.07, 6.45) is 13.4. The molecule has 1 amide bonds. The van der Waals surface area contributed by atoms with Crippen molar-refractivity contribution in [1.82, 2.24) is 19.9 Å². The van der Waals surface area contributed by atoms with Crippen LogP contribution in [0.15, 0.2) is 36.7 Å². The monoisotopic (exact) mass is 478 g/mol. The van der Waals surface area contributed by atoms with Crippen LogP contribution in [-0.4, -0.2) is 37.6 Å². The van der Waals surface area contributed by atoms with Gasteiger partial charge in [-0.05, 0) is 49.3 Å². The van der Waals surface area contributed by atoms with Crippen molar-refractivity contribution in [1.29, 1.82) is 0 Å². The number of fused-ring (bicyclic) bond motifs is 1. The number of carboxylic acid groups (broad SMARTS) is 1. The maximum absolute atomic E-state index is 13.6. The summed E-state index contributed by atoms with van der Waals surface area (Å²) >= 11 is 0. The Morgan fingerprint density at radius 3 is 2.29 bits per heavy atom. The van der Waals surface area contributed by atoms with Gasteiger partial charge in [0.1, 0.15) is 17.4 Å². The lowest BCUT2D eigenvalue weighted by molar-refractivity contribution is -0.141. The van der Waals surface area contributed by atoms with Crippen LogP contribution in [0.5, 0.6) is 0 Å². The standard InChI is InChI=1S/C27H31FN4O3/c28-20-13-11-17(12-14-20)21-15-29-25-22(16-30-32(25)24(21)19-9-5-2-6-10-19)26(33)31-23(27(34)35)18-7-3-1-4-8-18/h11-16,18-19,23H,1-10H2,(H,31,33)(H,34,35)/t23-/m0/s1. The number of carbonyl (C=O) groups excluding carboxylic acids is 1. The normalized spacial score (nSPS) is 18.4. The molecule has 0 saturated heterocycles. The second-order valence-corrected chi connectivity index (χ2v) is 9.88. The first-order valence-corrected chi connectivity index (χ1v) is 12.7. The SMILES string of the molecule is O=C(N[C@H](C(=O)O)C1CCCCC1)c1cnn2c(C3CCCCC3)c(-c3ccc(F)cc3)cnc12. The Bertz CT molecular complexity index is 1210. The summed E-state index contributed by atoms with van der Waals surface area (Å²) in [4.78, 5) is 29.8. The van der Waals surface area contributed by atoms with E-state index >= 15 is 0 Å². The van der Waals surface area contributed by atoms with E-state index in [2.05, 4.69) is 15.4 Å². The Hall–Kier alpha value is -3.29. The second-order valence-electron chi connectivity index (χ2n) is 9.88. The third-order valence-corrected chi connectivity index (χ3v) is 7.63. The molecular weight excluding hydrogens is 447 g/mol. The summed E-state index contributed by atoms with van der Waals surface area (Å²) in [5.41, 5.74) is 3.40. The number of aliphatic carboxylic acids is 1. The van der Waals surface area contributed by atoms with E-state index in [4.69, 9.17) is 0 Å². The number of halogens is 1. The van der Waals surface area contributed by atoms with Gasteiger partial charge in [0.25, 0.3) is 5.91 Å². The molecule has 2 aliphatic carbocycles. The van der Waals surface area contributed by atoms with Crippen LogP contribution in [0.1, 0.15) is 86.2 Å². The minimum Gasteiger partial charge on any atom is -0.480 e. The quantitative estimate of drug-likeness (QED) is 0.498. The molecule has 3 aromatic rings. The number of carbonyl (C=O) groups is 2. The van der Waals surface area contributed by atoms with Crippen LogP contribution in [0.4, 0.5) is 4.39 Å². The molecule has 2 N–H and O–H groups in total. The molecule has 5 rings (SSSR count). The number of amides is 1. The first-order chi connectivity index (χ1) is 17.0. The van der Waals surface area contributed by atoms with Gasteiger partial charge in [-0.3, -0.25) is 4.79 Å². The van der Waals surface area contributed by atoms with Gasteiger partial charge in [-0.25, -0.2) is 18.7 Å². The van der Waals surface area contributed by atoms with Crippen LogP contribution in [0.25, 0.3) is 16.8 Å². The van der Waals surface area contributed by atoms with Gasteiger partial charge in [0.05, 0.1) is 11.9 Å². The first-order valence-electron chi connectivity index (χ1n) is 12.7. The highest BCUT2D eigenvalue weighted by Crippen LogP contribution is 2.38. The summed E-state index contributed by atoms with van der Waals surface area (Å²) < 4.78 is 15.3. The van der Waals surface area contributed by atoms with Crippen LogP contribution in [0.3, 0.4) is 0 Å². The van der Waals surface area contributed by atoms with E-state index in [0.29, 0.717) is 5.65 Å². The predicted octanol–water partition coefficient (Wildman–Crippen LogP) is 5.35. The molecule has 0 bridgehead atoms. The molecule has 8 heteroatoms. The Morgan fingerprint density at radius 1 is 0.971 bits per heavy atom. The number of nitrogens with one attached hydrogen (secondary N) is 1. The molecule has 1 atom stereocenters. The molecule has 35 heavy (non-hydrogen) atoms. The second kappa shape index (κ2) is 10.1. The van der Waals surface area contributed by atoms with Crippen molar-refractivity contribution in [3.05, 3.63) is 53.7 Å². The number of nitrogens with zero attached hydrogens (tertiary/aromatic N) is 3. The molecule has 0 unspecified atom stereocenters. The molecular formula is C27H31FN4O3. The Balaban J connectivity index is 1.52. The van der Waals surface area contributed by atoms with Crippen LogP contribution in [0.2, 0.25) is 0 Å². The fourth-order valence-corrected chi connectivity index (χ4v) is 5.80. The van der Waals surface area contributed by atoms with Gasteiger partial charge >= 0.3 is 5.97 Å². The zero-order chi connectivity index (χ0) is 24.4. The van der Waals surface area contributed by atoms with Gasteiger partial charge in [0.2, 0.25) is 0 Å². The molecule has 7 nitrogen and oxygen atoms in total. The van der Waals surface area contributed by atoms with E-state index in [-0.39, 0.29) is 23.2 Å². The molecule has 2 saturated carbocycles. The molecule has 0 aliphatic heterocycles. The molecule has 2 fully saturated rings. The number of carboxylic acids is 1. The van der Waals surface area contributed by atoms with Crippen molar-refractivity contribution in [3.63, 3.8) is 0 Å². The average Bonchev–Trinajstić information content (AvgIpc) is 3.32. The van der Waals surface area contributed by atoms with Gasteiger partial charge in [0.15, 0.2) is 5.65 Å². The Labute approximate surface area is 203 Å². The molecule has 1 aromatic carbocycles. The molecule has 0 spiro atoms. The Morgan fingerprint density at radius 2 is 1.63 bits per heavy atom. The summed E-state index contributed by atoms with van der Waals surface area (Å²) in [5.74, 6) is -1.58. The minimum absolute atomic E-state index is 0.0668. The number of benzene rings is 1. The zero-order valence-corrected chi connectivity index (χ0v) is 19.8. The molecule has 2 heterocycles. The molecule has 2 aliphatic rings. The van der Waals surface area contributed by atoms with E-state index in [1.807, 2.05) is 0 Å². The van der Waals surface area contributed by atoms with Gasteiger partial charge in [-0.1, -0.05) is 50.7 Å². The number of hydrogen-bond donors (Lipinski definition) is 2. The lowest BCUT2D eigenvalue weighted by Crippen LogP contribution is -2.46. The number of aromatic nitrogens is 3. The summed E-state index contributed by atoms with van der Waals surface area (Å²) in [5, 5.41) is 17.1. The zero-order valence-electron chi connectivity index (χ0n) is 19.8. The van der Waals surface area contributed by atoms with Crippen molar-refractivity contribution < 1.29 is 19.1 Å². The first kappa shape index (κ1) is 23.5. The van der Waals surface area contributed by atoms with Crippen molar-refractivity contribution in [2.45, 2.75) is 76.2 Å². The lowest BCUT2D eigenvalue weighted by Gasteiger charge is -2.28. The van der Waals surface area contributed by atoms with E-state index in [9.17, 15) is 19.1 Å². The highest BCUT2D eigenvalue weighted by atomic mass is 19.1. The van der Waals surface area contributed by atoms with Gasteiger partial charge < -0.3 is 10.4 Å². The fraction of sp³-hybridized carbons (Fsp3) is 0.481.